The summed E-state index contributed by atoms with van der Waals surface area (Å²) in [5.41, 5.74) is 1.73. The highest BCUT2D eigenvalue weighted by Gasteiger charge is 2.26. The number of halogens is 2. The first kappa shape index (κ1) is 20.3. The van der Waals surface area contributed by atoms with Crippen LogP contribution in [0, 0.1) is 5.92 Å². The summed E-state index contributed by atoms with van der Waals surface area (Å²) in [4.78, 5) is 19.3. The quantitative estimate of drug-likeness (QED) is 0.507. The number of amides is 1. The van der Waals surface area contributed by atoms with Crippen LogP contribution in [0.4, 0.5) is 5.69 Å². The van der Waals surface area contributed by atoms with Crippen molar-refractivity contribution in [2.45, 2.75) is 19.4 Å². The molecule has 0 spiro atoms. The molecule has 2 aromatic carbocycles. The maximum atomic E-state index is 12.5. The third-order valence-corrected chi connectivity index (χ3v) is 5.95. The van der Waals surface area contributed by atoms with E-state index in [1.807, 2.05) is 48.5 Å². The zero-order valence-corrected chi connectivity index (χ0v) is 18.8. The van der Waals surface area contributed by atoms with Crippen LogP contribution in [0.1, 0.15) is 18.7 Å². The predicted octanol–water partition coefficient (Wildman–Crippen LogP) is 5.11. The molecule has 1 N–H and O–H groups in total. The minimum absolute atomic E-state index is 0.0187. The van der Waals surface area contributed by atoms with Gasteiger partial charge in [-0.05, 0) is 56.3 Å². The maximum absolute atomic E-state index is 12.5. The van der Waals surface area contributed by atoms with Gasteiger partial charge in [-0.1, -0.05) is 55.2 Å². The lowest BCUT2D eigenvalue weighted by Gasteiger charge is -2.30. The first-order valence-electron chi connectivity index (χ1n) is 9.44. The van der Waals surface area contributed by atoms with Gasteiger partial charge in [0.1, 0.15) is 0 Å². The first-order valence-corrected chi connectivity index (χ1v) is 11.0. The van der Waals surface area contributed by atoms with Crippen molar-refractivity contribution in [1.29, 1.82) is 0 Å². The molecule has 2 heterocycles. The summed E-state index contributed by atoms with van der Waals surface area (Å²) in [5.74, 6) is 1.28. The first-order chi connectivity index (χ1) is 14.1. The van der Waals surface area contributed by atoms with Gasteiger partial charge in [-0.3, -0.25) is 9.69 Å². The SMILES string of the molecule is O=C(Nc1cccc(Br)c1)C1CCN(Cc2nc(-c3cccc(Br)c3)no2)CC1. The Hall–Kier alpha value is -2.03. The molecular formula is C21H20Br2N4O2. The monoisotopic (exact) mass is 518 g/mol. The Morgan fingerprint density at radius 3 is 2.55 bits per heavy atom. The average Bonchev–Trinajstić information content (AvgIpc) is 3.17. The van der Waals surface area contributed by atoms with Gasteiger partial charge in [0.15, 0.2) is 0 Å². The Kier molecular flexibility index (Phi) is 6.42. The molecule has 29 heavy (non-hydrogen) atoms. The number of rotatable bonds is 5. The molecular weight excluding hydrogens is 500 g/mol. The zero-order valence-electron chi connectivity index (χ0n) is 15.6. The van der Waals surface area contributed by atoms with Crippen LogP contribution in [0.5, 0.6) is 0 Å². The second kappa shape index (κ2) is 9.19. The van der Waals surface area contributed by atoms with Crippen LogP contribution in [0.2, 0.25) is 0 Å². The van der Waals surface area contributed by atoms with Gasteiger partial charge in [0.05, 0.1) is 6.54 Å². The fraction of sp³-hybridized carbons (Fsp3) is 0.286. The van der Waals surface area contributed by atoms with Crippen LogP contribution in [0.15, 0.2) is 62.0 Å². The summed E-state index contributed by atoms with van der Waals surface area (Å²) in [6.07, 6.45) is 1.62. The van der Waals surface area contributed by atoms with Gasteiger partial charge in [-0.25, -0.2) is 0 Å². The van der Waals surface area contributed by atoms with E-state index in [1.54, 1.807) is 0 Å². The Labute approximate surface area is 185 Å². The molecule has 1 saturated heterocycles. The lowest BCUT2D eigenvalue weighted by atomic mass is 9.96. The average molecular weight is 520 g/mol. The van der Waals surface area contributed by atoms with Crippen LogP contribution in [-0.2, 0) is 11.3 Å². The molecule has 3 aromatic rings. The van der Waals surface area contributed by atoms with E-state index in [9.17, 15) is 4.79 Å². The summed E-state index contributed by atoms with van der Waals surface area (Å²) in [6.45, 7) is 2.25. The van der Waals surface area contributed by atoms with Gasteiger partial charge in [0.25, 0.3) is 0 Å². The molecule has 6 nitrogen and oxygen atoms in total. The van der Waals surface area contributed by atoms with E-state index in [1.165, 1.54) is 0 Å². The molecule has 8 heteroatoms. The lowest BCUT2D eigenvalue weighted by Crippen LogP contribution is -2.37. The van der Waals surface area contributed by atoms with Crippen molar-refractivity contribution < 1.29 is 9.32 Å². The number of anilines is 1. The van der Waals surface area contributed by atoms with Crippen molar-refractivity contribution in [2.75, 3.05) is 18.4 Å². The molecule has 0 bridgehead atoms. The Bertz CT molecular complexity index is 1000. The Morgan fingerprint density at radius 2 is 1.83 bits per heavy atom. The van der Waals surface area contributed by atoms with Crippen LogP contribution < -0.4 is 5.32 Å². The summed E-state index contributed by atoms with van der Waals surface area (Å²) in [7, 11) is 0. The smallest absolute Gasteiger partial charge is 0.241 e. The summed E-state index contributed by atoms with van der Waals surface area (Å²) >= 11 is 6.89. The predicted molar refractivity (Wildman–Crippen MR) is 118 cm³/mol. The fourth-order valence-electron chi connectivity index (χ4n) is 3.42. The molecule has 1 amide bonds. The van der Waals surface area contributed by atoms with Gasteiger partial charge in [0.2, 0.25) is 17.6 Å². The molecule has 1 aromatic heterocycles. The van der Waals surface area contributed by atoms with Crippen LogP contribution in [0.25, 0.3) is 11.4 Å². The van der Waals surface area contributed by atoms with E-state index in [0.29, 0.717) is 18.3 Å². The van der Waals surface area contributed by atoms with Crippen molar-refractivity contribution in [2.24, 2.45) is 5.92 Å². The normalized spacial score (nSPS) is 15.4. The molecule has 0 saturated carbocycles. The third-order valence-electron chi connectivity index (χ3n) is 4.96. The van der Waals surface area contributed by atoms with Gasteiger partial charge in [-0.15, -0.1) is 0 Å². The number of nitrogens with one attached hydrogen (secondary N) is 1. The number of hydrogen-bond donors (Lipinski definition) is 1. The molecule has 1 aliphatic heterocycles. The van der Waals surface area contributed by atoms with E-state index in [0.717, 1.165) is 46.1 Å². The molecule has 1 fully saturated rings. The number of piperidine rings is 1. The number of nitrogens with zero attached hydrogens (tertiary/aromatic N) is 3. The van der Waals surface area contributed by atoms with E-state index < -0.39 is 0 Å². The van der Waals surface area contributed by atoms with Crippen molar-refractivity contribution >= 4 is 43.5 Å². The van der Waals surface area contributed by atoms with Gasteiger partial charge >= 0.3 is 0 Å². The molecule has 0 unspecified atom stereocenters. The van der Waals surface area contributed by atoms with Crippen molar-refractivity contribution in [3.8, 4) is 11.4 Å². The second-order valence-electron chi connectivity index (χ2n) is 7.07. The second-order valence-corrected chi connectivity index (χ2v) is 8.90. The number of likely N-dealkylation sites (tertiary alicyclic amines) is 1. The van der Waals surface area contributed by atoms with Crippen LogP contribution in [-0.4, -0.2) is 34.0 Å². The van der Waals surface area contributed by atoms with E-state index in [4.69, 9.17) is 4.52 Å². The largest absolute Gasteiger partial charge is 0.338 e. The van der Waals surface area contributed by atoms with Crippen LogP contribution >= 0.6 is 31.9 Å². The number of benzene rings is 2. The van der Waals surface area contributed by atoms with Gasteiger partial charge in [-0.2, -0.15) is 4.98 Å². The molecule has 1 aliphatic rings. The summed E-state index contributed by atoms with van der Waals surface area (Å²) < 4.78 is 7.35. The molecule has 0 atom stereocenters. The number of carbonyl (C=O) groups excluding carboxylic acids is 1. The number of aromatic nitrogens is 2. The highest BCUT2D eigenvalue weighted by Crippen LogP contribution is 2.24. The van der Waals surface area contributed by atoms with Gasteiger partial charge < -0.3 is 9.84 Å². The maximum Gasteiger partial charge on any atom is 0.241 e. The number of carbonyl (C=O) groups is 1. The molecule has 0 radical (unpaired) electrons. The lowest BCUT2D eigenvalue weighted by molar-refractivity contribution is -0.121. The van der Waals surface area contributed by atoms with Crippen molar-refractivity contribution in [3.05, 3.63) is 63.4 Å². The molecule has 150 valence electrons. The minimum Gasteiger partial charge on any atom is -0.338 e. The van der Waals surface area contributed by atoms with Crippen molar-refractivity contribution in [3.63, 3.8) is 0 Å². The Morgan fingerprint density at radius 1 is 1.10 bits per heavy atom. The molecule has 4 rings (SSSR count). The molecule has 0 aliphatic carbocycles. The fourth-order valence-corrected chi connectivity index (χ4v) is 4.22. The highest BCUT2D eigenvalue weighted by molar-refractivity contribution is 9.10. The zero-order chi connectivity index (χ0) is 20.2. The van der Waals surface area contributed by atoms with E-state index >= 15 is 0 Å². The third kappa shape index (κ3) is 5.32. The van der Waals surface area contributed by atoms with Crippen molar-refractivity contribution in [1.82, 2.24) is 15.0 Å². The highest BCUT2D eigenvalue weighted by atomic mass is 79.9. The van der Waals surface area contributed by atoms with Gasteiger partial charge in [0, 0.05) is 26.1 Å². The van der Waals surface area contributed by atoms with E-state index in [2.05, 4.69) is 52.2 Å². The van der Waals surface area contributed by atoms with Crippen LogP contribution in [0.3, 0.4) is 0 Å². The summed E-state index contributed by atoms with van der Waals surface area (Å²) in [5, 5.41) is 7.10. The Balaban J connectivity index is 1.29. The summed E-state index contributed by atoms with van der Waals surface area (Å²) in [6, 6.07) is 15.5. The van der Waals surface area contributed by atoms with E-state index in [-0.39, 0.29) is 11.8 Å². The minimum atomic E-state index is 0.0187. The standard InChI is InChI=1S/C21H20Br2N4O2/c22-16-4-1-3-15(11-16)20-25-19(29-26-20)13-27-9-7-14(8-10-27)21(28)24-18-6-2-5-17(23)12-18/h1-6,11-12,14H,7-10,13H2,(H,24,28). The topological polar surface area (TPSA) is 71.3 Å². The number of hydrogen-bond acceptors (Lipinski definition) is 5.